The number of amides is 1. The number of anilines is 1. The lowest BCUT2D eigenvalue weighted by atomic mass is 10.1. The summed E-state index contributed by atoms with van der Waals surface area (Å²) in [5.41, 5.74) is 0.900. The van der Waals surface area contributed by atoms with Crippen LogP contribution in [0.5, 0.6) is 28.7 Å². The number of methoxy groups -OCH3 is 3. The summed E-state index contributed by atoms with van der Waals surface area (Å²) in [6.45, 7) is 0. The summed E-state index contributed by atoms with van der Waals surface area (Å²) in [5.74, 6) is 1.42. The standard InChI is InChI=1S/C21H21NO7/c1-26-14-10-19(27-2)15(20(11-14)28-3)9-13-5-7-18(29-13)21(25)22-16-6-4-12(23)8-17(16)24/h4-8,10-11,23-24H,9H2,1-3H3,(H,22,25). The molecule has 0 fully saturated rings. The van der Waals surface area contributed by atoms with Crippen LogP contribution in [0.4, 0.5) is 5.69 Å². The van der Waals surface area contributed by atoms with Crippen LogP contribution in [0.3, 0.4) is 0 Å². The van der Waals surface area contributed by atoms with E-state index in [0.29, 0.717) is 29.4 Å². The van der Waals surface area contributed by atoms with E-state index < -0.39 is 5.91 Å². The Kier molecular flexibility index (Phi) is 5.82. The monoisotopic (exact) mass is 399 g/mol. The molecule has 0 aliphatic heterocycles. The molecule has 2 aromatic carbocycles. The molecule has 3 rings (SSSR count). The summed E-state index contributed by atoms with van der Waals surface area (Å²) in [6, 6.07) is 10.6. The van der Waals surface area contributed by atoms with Gasteiger partial charge in [-0.05, 0) is 24.3 Å². The number of aromatic hydroxyl groups is 2. The van der Waals surface area contributed by atoms with E-state index in [1.807, 2.05) is 0 Å². The molecule has 0 saturated carbocycles. The zero-order valence-electron chi connectivity index (χ0n) is 16.2. The summed E-state index contributed by atoms with van der Waals surface area (Å²) in [5, 5.41) is 21.7. The van der Waals surface area contributed by atoms with Crippen molar-refractivity contribution in [3.05, 3.63) is 59.5 Å². The minimum Gasteiger partial charge on any atom is -0.508 e. The van der Waals surface area contributed by atoms with Crippen molar-refractivity contribution >= 4 is 11.6 Å². The fraction of sp³-hybridized carbons (Fsp3) is 0.190. The molecular formula is C21H21NO7. The second-order valence-corrected chi connectivity index (χ2v) is 6.11. The van der Waals surface area contributed by atoms with Gasteiger partial charge in [0.25, 0.3) is 5.91 Å². The van der Waals surface area contributed by atoms with E-state index in [-0.39, 0.29) is 22.9 Å². The first kappa shape index (κ1) is 19.9. The highest BCUT2D eigenvalue weighted by atomic mass is 16.5. The number of rotatable bonds is 7. The van der Waals surface area contributed by atoms with Crippen molar-refractivity contribution < 1.29 is 33.6 Å². The molecule has 152 valence electrons. The van der Waals surface area contributed by atoms with Gasteiger partial charge in [-0.3, -0.25) is 4.79 Å². The predicted octanol–water partition coefficient (Wildman–Crippen LogP) is 3.56. The number of phenols is 2. The molecule has 0 aliphatic carbocycles. The summed E-state index contributed by atoms with van der Waals surface area (Å²) >= 11 is 0. The fourth-order valence-corrected chi connectivity index (χ4v) is 2.83. The van der Waals surface area contributed by atoms with Crippen molar-refractivity contribution in [3.63, 3.8) is 0 Å². The number of carbonyl (C=O) groups is 1. The molecule has 1 amide bonds. The first-order valence-corrected chi connectivity index (χ1v) is 8.66. The fourth-order valence-electron chi connectivity index (χ4n) is 2.83. The predicted molar refractivity (Wildman–Crippen MR) is 105 cm³/mol. The maximum atomic E-state index is 12.4. The van der Waals surface area contributed by atoms with Gasteiger partial charge in [0.15, 0.2) is 5.76 Å². The van der Waals surface area contributed by atoms with Gasteiger partial charge in [0.05, 0.1) is 27.0 Å². The van der Waals surface area contributed by atoms with Crippen LogP contribution >= 0.6 is 0 Å². The van der Waals surface area contributed by atoms with Gasteiger partial charge in [0.1, 0.15) is 34.5 Å². The van der Waals surface area contributed by atoms with Crippen LogP contribution in [0.15, 0.2) is 46.9 Å². The number of phenolic OH excluding ortho intramolecular Hbond substituents is 2. The Morgan fingerprint density at radius 2 is 1.66 bits per heavy atom. The lowest BCUT2D eigenvalue weighted by Crippen LogP contribution is -2.10. The molecule has 29 heavy (non-hydrogen) atoms. The quantitative estimate of drug-likeness (QED) is 0.411. The summed E-state index contributed by atoms with van der Waals surface area (Å²) < 4.78 is 21.8. The molecule has 1 aromatic heterocycles. The Bertz CT molecular complexity index is 1000. The second kappa shape index (κ2) is 8.47. The molecular weight excluding hydrogens is 378 g/mol. The number of hydrogen-bond acceptors (Lipinski definition) is 7. The van der Waals surface area contributed by atoms with Gasteiger partial charge in [0.2, 0.25) is 0 Å². The average Bonchev–Trinajstić information content (AvgIpc) is 3.18. The van der Waals surface area contributed by atoms with E-state index in [2.05, 4.69) is 5.32 Å². The molecule has 0 saturated heterocycles. The van der Waals surface area contributed by atoms with Crippen LogP contribution in [-0.4, -0.2) is 37.4 Å². The first-order valence-electron chi connectivity index (χ1n) is 8.66. The van der Waals surface area contributed by atoms with Gasteiger partial charge in [-0.15, -0.1) is 0 Å². The number of hydrogen-bond donors (Lipinski definition) is 3. The minimum atomic E-state index is -0.536. The molecule has 1 heterocycles. The van der Waals surface area contributed by atoms with Crippen molar-refractivity contribution in [1.29, 1.82) is 0 Å². The zero-order valence-corrected chi connectivity index (χ0v) is 16.2. The Morgan fingerprint density at radius 3 is 2.24 bits per heavy atom. The normalized spacial score (nSPS) is 10.4. The number of carbonyl (C=O) groups excluding carboxylic acids is 1. The van der Waals surface area contributed by atoms with E-state index >= 15 is 0 Å². The van der Waals surface area contributed by atoms with Crippen molar-refractivity contribution in [3.8, 4) is 28.7 Å². The third kappa shape index (κ3) is 4.37. The average molecular weight is 399 g/mol. The highest BCUT2D eigenvalue weighted by Gasteiger charge is 2.18. The van der Waals surface area contributed by atoms with Gasteiger partial charge in [0, 0.05) is 30.2 Å². The summed E-state index contributed by atoms with van der Waals surface area (Å²) in [6.07, 6.45) is 0.327. The van der Waals surface area contributed by atoms with E-state index in [1.165, 1.54) is 18.2 Å². The largest absolute Gasteiger partial charge is 0.508 e. The Labute approximate surface area is 167 Å². The SMILES string of the molecule is COc1cc(OC)c(Cc2ccc(C(=O)Nc3ccc(O)cc3O)o2)c(OC)c1. The van der Waals surface area contributed by atoms with Crippen molar-refractivity contribution in [1.82, 2.24) is 0 Å². The second-order valence-electron chi connectivity index (χ2n) is 6.11. The number of furan rings is 1. The van der Waals surface area contributed by atoms with E-state index in [9.17, 15) is 15.0 Å². The highest BCUT2D eigenvalue weighted by Crippen LogP contribution is 2.36. The van der Waals surface area contributed by atoms with Crippen molar-refractivity contribution in [2.75, 3.05) is 26.6 Å². The van der Waals surface area contributed by atoms with Gasteiger partial charge in [-0.1, -0.05) is 0 Å². The topological polar surface area (TPSA) is 110 Å². The minimum absolute atomic E-state index is 0.0684. The van der Waals surface area contributed by atoms with Gasteiger partial charge >= 0.3 is 0 Å². The van der Waals surface area contributed by atoms with Crippen LogP contribution in [0, 0.1) is 0 Å². The maximum Gasteiger partial charge on any atom is 0.291 e. The van der Waals surface area contributed by atoms with E-state index in [0.717, 1.165) is 11.6 Å². The smallest absolute Gasteiger partial charge is 0.291 e. The number of benzene rings is 2. The van der Waals surface area contributed by atoms with E-state index in [4.69, 9.17) is 18.6 Å². The lowest BCUT2D eigenvalue weighted by Gasteiger charge is -2.14. The Morgan fingerprint density at radius 1 is 0.966 bits per heavy atom. The van der Waals surface area contributed by atoms with Crippen LogP contribution in [0.25, 0.3) is 0 Å². The molecule has 0 unspecified atom stereocenters. The Hall–Kier alpha value is -3.81. The molecule has 0 spiro atoms. The maximum absolute atomic E-state index is 12.4. The van der Waals surface area contributed by atoms with Crippen molar-refractivity contribution in [2.24, 2.45) is 0 Å². The molecule has 0 radical (unpaired) electrons. The van der Waals surface area contributed by atoms with Crippen molar-refractivity contribution in [2.45, 2.75) is 6.42 Å². The highest BCUT2D eigenvalue weighted by molar-refractivity contribution is 6.03. The zero-order chi connectivity index (χ0) is 21.0. The molecule has 0 aliphatic rings. The summed E-state index contributed by atoms with van der Waals surface area (Å²) in [7, 11) is 4.64. The van der Waals surface area contributed by atoms with Crippen LogP contribution < -0.4 is 19.5 Å². The number of nitrogens with one attached hydrogen (secondary N) is 1. The van der Waals surface area contributed by atoms with Crippen LogP contribution in [-0.2, 0) is 6.42 Å². The molecule has 8 nitrogen and oxygen atoms in total. The van der Waals surface area contributed by atoms with E-state index in [1.54, 1.807) is 39.5 Å². The Balaban J connectivity index is 1.81. The molecule has 3 N–H and O–H groups in total. The molecule has 0 atom stereocenters. The van der Waals surface area contributed by atoms with Crippen LogP contribution in [0.2, 0.25) is 0 Å². The first-order chi connectivity index (χ1) is 13.9. The van der Waals surface area contributed by atoms with Gasteiger partial charge in [-0.2, -0.15) is 0 Å². The lowest BCUT2D eigenvalue weighted by molar-refractivity contribution is 0.0994. The third-order valence-corrected chi connectivity index (χ3v) is 4.28. The molecule has 3 aromatic rings. The summed E-state index contributed by atoms with van der Waals surface area (Å²) in [4.78, 5) is 12.4. The van der Waals surface area contributed by atoms with Gasteiger partial charge < -0.3 is 34.2 Å². The van der Waals surface area contributed by atoms with Gasteiger partial charge in [-0.25, -0.2) is 0 Å². The number of ether oxygens (including phenoxy) is 3. The molecule has 8 heteroatoms. The third-order valence-electron chi connectivity index (χ3n) is 4.28. The molecule has 0 bridgehead atoms. The van der Waals surface area contributed by atoms with Crippen LogP contribution in [0.1, 0.15) is 21.9 Å².